The molecule has 0 atom stereocenters. The number of fused-ring (bicyclic) bond motifs is 1. The Kier molecular flexibility index (Phi) is 3.51. The van der Waals surface area contributed by atoms with Gasteiger partial charge in [0.25, 0.3) is 0 Å². The topological polar surface area (TPSA) is 0 Å². The zero-order valence-corrected chi connectivity index (χ0v) is 16.4. The van der Waals surface area contributed by atoms with Crippen molar-refractivity contribution >= 4 is 22.4 Å². The van der Waals surface area contributed by atoms with E-state index in [0.29, 0.717) is 5.41 Å². The molecule has 7 rings (SSSR count). The highest BCUT2D eigenvalue weighted by molar-refractivity contribution is 6.30. The van der Waals surface area contributed by atoms with Gasteiger partial charge in [-0.1, -0.05) is 60.1 Å². The number of benzene rings is 3. The Hall–Kier alpha value is -1.79. The van der Waals surface area contributed by atoms with Crippen molar-refractivity contribution in [3.05, 3.63) is 71.2 Å². The molecule has 27 heavy (non-hydrogen) atoms. The number of halogens is 1. The largest absolute Gasteiger partial charge is 0.0843 e. The normalized spacial score (nSPS) is 31.5. The van der Waals surface area contributed by atoms with E-state index in [1.807, 2.05) is 12.1 Å². The molecule has 3 aromatic carbocycles. The lowest BCUT2D eigenvalue weighted by atomic mass is 9.47. The molecular weight excluding hydrogens is 348 g/mol. The molecule has 0 spiro atoms. The second kappa shape index (κ2) is 5.85. The fraction of sp³-hybridized carbons (Fsp3) is 0.385. The van der Waals surface area contributed by atoms with E-state index in [-0.39, 0.29) is 0 Å². The van der Waals surface area contributed by atoms with Gasteiger partial charge in [0, 0.05) is 5.02 Å². The van der Waals surface area contributed by atoms with Gasteiger partial charge in [0.2, 0.25) is 0 Å². The molecule has 1 heteroatoms. The molecule has 0 unspecified atom stereocenters. The van der Waals surface area contributed by atoms with E-state index in [0.717, 1.165) is 22.8 Å². The quantitative estimate of drug-likeness (QED) is 0.433. The summed E-state index contributed by atoms with van der Waals surface area (Å²) in [6.45, 7) is 0. The molecule has 0 amide bonds. The molecule has 4 bridgehead atoms. The van der Waals surface area contributed by atoms with Gasteiger partial charge >= 0.3 is 0 Å². The van der Waals surface area contributed by atoms with E-state index in [1.54, 1.807) is 5.56 Å². The van der Waals surface area contributed by atoms with Crippen LogP contribution in [-0.4, -0.2) is 0 Å². The Morgan fingerprint density at radius 3 is 1.93 bits per heavy atom. The second-order valence-corrected chi connectivity index (χ2v) is 9.85. The van der Waals surface area contributed by atoms with Crippen molar-refractivity contribution in [3.63, 3.8) is 0 Å². The molecule has 0 aliphatic heterocycles. The maximum absolute atomic E-state index is 6.16. The molecule has 4 aliphatic rings. The van der Waals surface area contributed by atoms with E-state index in [9.17, 15) is 0 Å². The van der Waals surface area contributed by atoms with E-state index in [2.05, 4.69) is 48.5 Å². The lowest BCUT2D eigenvalue weighted by Gasteiger charge is -2.57. The summed E-state index contributed by atoms with van der Waals surface area (Å²) in [5.41, 5.74) is 4.69. The number of rotatable bonds is 2. The van der Waals surface area contributed by atoms with Gasteiger partial charge in [-0.15, -0.1) is 0 Å². The molecule has 0 heterocycles. The van der Waals surface area contributed by atoms with Gasteiger partial charge in [-0.25, -0.2) is 0 Å². The molecule has 0 radical (unpaired) electrons. The molecule has 0 aromatic heterocycles. The molecular formula is C26H25Cl. The first kappa shape index (κ1) is 16.2. The lowest BCUT2D eigenvalue weighted by Crippen LogP contribution is -2.48. The molecule has 0 saturated heterocycles. The third-order valence-corrected chi connectivity index (χ3v) is 7.92. The molecule has 136 valence electrons. The summed E-state index contributed by atoms with van der Waals surface area (Å²) in [5.74, 6) is 2.90. The Balaban J connectivity index is 1.59. The summed E-state index contributed by atoms with van der Waals surface area (Å²) in [7, 11) is 0. The summed E-state index contributed by atoms with van der Waals surface area (Å²) < 4.78 is 0. The standard InChI is InChI=1S/C26H25Cl/c27-22-9-7-20(8-10-22)23-5-1-3-21-4-2-6-24(25(21)23)26-14-17-11-18(15-26)13-19(12-17)16-26/h1-10,17-19H,11-16H2. The zero-order valence-electron chi connectivity index (χ0n) is 15.6. The summed E-state index contributed by atoms with van der Waals surface area (Å²) in [6, 6.07) is 22.2. The van der Waals surface area contributed by atoms with Gasteiger partial charge in [0.15, 0.2) is 0 Å². The fourth-order valence-electron chi connectivity index (χ4n) is 7.09. The summed E-state index contributed by atoms with van der Waals surface area (Å²) >= 11 is 6.16. The average Bonchev–Trinajstić information content (AvgIpc) is 2.67. The minimum atomic E-state index is 0.413. The van der Waals surface area contributed by atoms with Gasteiger partial charge in [0.1, 0.15) is 0 Å². The minimum Gasteiger partial charge on any atom is -0.0843 e. The summed E-state index contributed by atoms with van der Waals surface area (Å²) in [6.07, 6.45) is 8.71. The predicted molar refractivity (Wildman–Crippen MR) is 114 cm³/mol. The molecule has 4 aliphatic carbocycles. The Labute approximate surface area is 166 Å². The van der Waals surface area contributed by atoms with Crippen molar-refractivity contribution in [2.75, 3.05) is 0 Å². The van der Waals surface area contributed by atoms with Crippen molar-refractivity contribution in [2.45, 2.75) is 43.9 Å². The molecule has 3 aromatic rings. The zero-order chi connectivity index (χ0) is 18.0. The van der Waals surface area contributed by atoms with Crippen molar-refractivity contribution < 1.29 is 0 Å². The maximum atomic E-state index is 6.16. The molecule has 4 saturated carbocycles. The molecule has 4 fully saturated rings. The van der Waals surface area contributed by atoms with Crippen molar-refractivity contribution in [2.24, 2.45) is 17.8 Å². The Morgan fingerprint density at radius 2 is 1.30 bits per heavy atom. The van der Waals surface area contributed by atoms with E-state index >= 15 is 0 Å². The SMILES string of the molecule is Clc1ccc(-c2cccc3cccc(C45CC6CC(CC(C6)C4)C5)c23)cc1. The van der Waals surface area contributed by atoms with Crippen LogP contribution in [0.5, 0.6) is 0 Å². The Bertz CT molecular complexity index is 974. The third-order valence-electron chi connectivity index (χ3n) is 7.67. The fourth-order valence-corrected chi connectivity index (χ4v) is 7.22. The van der Waals surface area contributed by atoms with Crippen LogP contribution in [0.15, 0.2) is 60.7 Å². The van der Waals surface area contributed by atoms with Crippen LogP contribution >= 0.6 is 11.6 Å². The minimum absolute atomic E-state index is 0.413. The van der Waals surface area contributed by atoms with Crippen LogP contribution in [0.2, 0.25) is 5.02 Å². The highest BCUT2D eigenvalue weighted by Crippen LogP contribution is 2.61. The van der Waals surface area contributed by atoms with Crippen LogP contribution in [0, 0.1) is 17.8 Å². The third kappa shape index (κ3) is 2.49. The van der Waals surface area contributed by atoms with Crippen LogP contribution in [0.3, 0.4) is 0 Å². The first-order chi connectivity index (χ1) is 13.2. The smallest absolute Gasteiger partial charge is 0.0406 e. The van der Waals surface area contributed by atoms with E-state index in [4.69, 9.17) is 11.6 Å². The van der Waals surface area contributed by atoms with Gasteiger partial charge in [-0.2, -0.15) is 0 Å². The maximum Gasteiger partial charge on any atom is 0.0406 e. The predicted octanol–water partition coefficient (Wildman–Crippen LogP) is 7.63. The summed E-state index contributed by atoms with van der Waals surface area (Å²) in [4.78, 5) is 0. The Morgan fingerprint density at radius 1 is 0.704 bits per heavy atom. The van der Waals surface area contributed by atoms with Crippen LogP contribution in [0.1, 0.15) is 44.1 Å². The highest BCUT2D eigenvalue weighted by Gasteiger charge is 2.52. The number of hydrogen-bond acceptors (Lipinski definition) is 0. The second-order valence-electron chi connectivity index (χ2n) is 9.41. The van der Waals surface area contributed by atoms with E-state index < -0.39 is 0 Å². The molecule has 0 N–H and O–H groups in total. The van der Waals surface area contributed by atoms with Crippen LogP contribution in [0.4, 0.5) is 0 Å². The van der Waals surface area contributed by atoms with Crippen LogP contribution in [-0.2, 0) is 5.41 Å². The molecule has 0 nitrogen and oxygen atoms in total. The average molecular weight is 373 g/mol. The summed E-state index contributed by atoms with van der Waals surface area (Å²) in [5, 5.41) is 3.68. The van der Waals surface area contributed by atoms with Gasteiger partial charge in [-0.05, 0) is 101 Å². The highest BCUT2D eigenvalue weighted by atomic mass is 35.5. The van der Waals surface area contributed by atoms with Crippen molar-refractivity contribution in [1.29, 1.82) is 0 Å². The van der Waals surface area contributed by atoms with E-state index in [1.165, 1.54) is 60.4 Å². The first-order valence-corrected chi connectivity index (χ1v) is 10.9. The van der Waals surface area contributed by atoms with Crippen LogP contribution in [0.25, 0.3) is 21.9 Å². The van der Waals surface area contributed by atoms with Gasteiger partial charge < -0.3 is 0 Å². The van der Waals surface area contributed by atoms with Gasteiger partial charge in [0.05, 0.1) is 0 Å². The first-order valence-electron chi connectivity index (χ1n) is 10.5. The van der Waals surface area contributed by atoms with Crippen molar-refractivity contribution in [1.82, 2.24) is 0 Å². The lowest BCUT2D eigenvalue weighted by molar-refractivity contribution is -0.00448. The van der Waals surface area contributed by atoms with Crippen molar-refractivity contribution in [3.8, 4) is 11.1 Å². The number of hydrogen-bond donors (Lipinski definition) is 0. The van der Waals surface area contributed by atoms with Gasteiger partial charge in [-0.3, -0.25) is 0 Å². The van der Waals surface area contributed by atoms with Crippen LogP contribution < -0.4 is 0 Å². The monoisotopic (exact) mass is 372 g/mol.